The van der Waals surface area contributed by atoms with Crippen LogP contribution in [0.3, 0.4) is 0 Å². The van der Waals surface area contributed by atoms with Crippen molar-refractivity contribution in [2.75, 3.05) is 26.2 Å². The zero-order valence-corrected chi connectivity index (χ0v) is 12.2. The maximum atomic E-state index is 11.7. The van der Waals surface area contributed by atoms with Crippen LogP contribution in [0.25, 0.3) is 0 Å². The molecule has 110 valence electrons. The van der Waals surface area contributed by atoms with Gasteiger partial charge in [0, 0.05) is 25.9 Å². The minimum absolute atomic E-state index is 0.0218. The molecule has 0 atom stereocenters. The van der Waals surface area contributed by atoms with E-state index >= 15 is 0 Å². The van der Waals surface area contributed by atoms with E-state index < -0.39 is 0 Å². The van der Waals surface area contributed by atoms with Crippen molar-refractivity contribution in [2.24, 2.45) is 5.41 Å². The molecule has 0 aromatic heterocycles. The van der Waals surface area contributed by atoms with Gasteiger partial charge in [-0.15, -0.1) is 0 Å². The van der Waals surface area contributed by atoms with Crippen LogP contribution in [0.2, 0.25) is 0 Å². The smallest absolute Gasteiger partial charge is 0.220 e. The second-order valence-electron chi connectivity index (χ2n) is 5.69. The van der Waals surface area contributed by atoms with Gasteiger partial charge in [0.05, 0.1) is 0 Å². The highest BCUT2D eigenvalue weighted by molar-refractivity contribution is 5.83. The second kappa shape index (κ2) is 8.15. The molecule has 0 aromatic carbocycles. The summed E-state index contributed by atoms with van der Waals surface area (Å²) in [6.45, 7) is 7.65. The second-order valence-corrected chi connectivity index (χ2v) is 5.69. The van der Waals surface area contributed by atoms with Crippen molar-refractivity contribution in [3.63, 3.8) is 0 Å². The van der Waals surface area contributed by atoms with Gasteiger partial charge in [0.1, 0.15) is 0 Å². The highest BCUT2D eigenvalue weighted by atomic mass is 16.2. The van der Waals surface area contributed by atoms with E-state index in [1.165, 1.54) is 0 Å². The van der Waals surface area contributed by atoms with E-state index in [2.05, 4.69) is 22.9 Å². The van der Waals surface area contributed by atoms with E-state index in [1.54, 1.807) is 0 Å². The molecule has 1 rings (SSSR count). The first-order valence-corrected chi connectivity index (χ1v) is 7.30. The van der Waals surface area contributed by atoms with Gasteiger partial charge < -0.3 is 16.0 Å². The van der Waals surface area contributed by atoms with Crippen molar-refractivity contribution >= 4 is 11.8 Å². The van der Waals surface area contributed by atoms with Gasteiger partial charge in [-0.2, -0.15) is 0 Å². The van der Waals surface area contributed by atoms with Gasteiger partial charge in [-0.1, -0.05) is 13.8 Å². The lowest BCUT2D eigenvalue weighted by molar-refractivity contribution is -0.126. The molecule has 1 saturated heterocycles. The molecule has 2 amide bonds. The highest BCUT2D eigenvalue weighted by Crippen LogP contribution is 2.26. The monoisotopic (exact) mass is 269 g/mol. The Hall–Kier alpha value is -1.10. The van der Waals surface area contributed by atoms with Crippen LogP contribution in [0.15, 0.2) is 0 Å². The van der Waals surface area contributed by atoms with E-state index in [1.807, 2.05) is 6.92 Å². The Morgan fingerprint density at radius 3 is 2.26 bits per heavy atom. The summed E-state index contributed by atoms with van der Waals surface area (Å²) in [4.78, 5) is 23.1. The normalized spacial score (nSPS) is 17.8. The van der Waals surface area contributed by atoms with E-state index in [0.29, 0.717) is 13.1 Å². The Morgan fingerprint density at radius 2 is 1.68 bits per heavy atom. The number of piperidine rings is 1. The number of nitrogens with one attached hydrogen (secondary N) is 3. The molecule has 1 aliphatic heterocycles. The van der Waals surface area contributed by atoms with E-state index in [9.17, 15) is 9.59 Å². The standard InChI is InChI=1S/C14H27N3O2/c1-3-8-16-12(18)4-5-13(19)17-11-14(2)6-9-15-10-7-14/h15H,3-11H2,1-2H3,(H,16,18)(H,17,19). The topological polar surface area (TPSA) is 70.2 Å². The van der Waals surface area contributed by atoms with Crippen molar-refractivity contribution in [3.8, 4) is 0 Å². The molecule has 0 aliphatic carbocycles. The number of hydrogen-bond donors (Lipinski definition) is 3. The van der Waals surface area contributed by atoms with Crippen LogP contribution in [0.4, 0.5) is 0 Å². The molecule has 5 nitrogen and oxygen atoms in total. The highest BCUT2D eigenvalue weighted by Gasteiger charge is 2.26. The van der Waals surface area contributed by atoms with Gasteiger partial charge in [-0.3, -0.25) is 9.59 Å². The summed E-state index contributed by atoms with van der Waals surface area (Å²) in [6, 6.07) is 0. The average Bonchev–Trinajstić information content (AvgIpc) is 2.41. The Morgan fingerprint density at radius 1 is 1.11 bits per heavy atom. The molecular weight excluding hydrogens is 242 g/mol. The Labute approximate surface area is 115 Å². The van der Waals surface area contributed by atoms with Crippen molar-refractivity contribution in [1.82, 2.24) is 16.0 Å². The van der Waals surface area contributed by atoms with Gasteiger partial charge in [0.15, 0.2) is 0 Å². The van der Waals surface area contributed by atoms with Crippen LogP contribution in [-0.4, -0.2) is 38.0 Å². The Balaban J connectivity index is 2.15. The van der Waals surface area contributed by atoms with Crippen molar-refractivity contribution in [2.45, 2.75) is 46.0 Å². The number of amides is 2. The largest absolute Gasteiger partial charge is 0.356 e. The molecule has 1 fully saturated rings. The zero-order valence-electron chi connectivity index (χ0n) is 12.2. The number of rotatable bonds is 7. The Bertz CT molecular complexity index is 299. The first-order chi connectivity index (χ1) is 9.06. The number of hydrogen-bond acceptors (Lipinski definition) is 3. The minimum Gasteiger partial charge on any atom is -0.356 e. The molecule has 1 heterocycles. The fourth-order valence-corrected chi connectivity index (χ4v) is 2.19. The maximum absolute atomic E-state index is 11.7. The van der Waals surface area contributed by atoms with Crippen LogP contribution < -0.4 is 16.0 Å². The summed E-state index contributed by atoms with van der Waals surface area (Å²) in [7, 11) is 0. The lowest BCUT2D eigenvalue weighted by Gasteiger charge is -2.34. The van der Waals surface area contributed by atoms with Crippen LogP contribution in [0.5, 0.6) is 0 Å². The summed E-state index contributed by atoms with van der Waals surface area (Å²) in [5, 5.41) is 9.05. The Kier molecular flexibility index (Phi) is 6.84. The van der Waals surface area contributed by atoms with Crippen LogP contribution in [0.1, 0.15) is 46.0 Å². The zero-order chi connectivity index (χ0) is 14.1. The molecule has 5 heteroatoms. The third-order valence-electron chi connectivity index (χ3n) is 3.67. The third-order valence-corrected chi connectivity index (χ3v) is 3.67. The molecule has 0 saturated carbocycles. The summed E-state index contributed by atoms with van der Waals surface area (Å²) in [5.41, 5.74) is 0.200. The SMILES string of the molecule is CCCNC(=O)CCC(=O)NCC1(C)CCNCC1. The van der Waals surface area contributed by atoms with Crippen LogP contribution >= 0.6 is 0 Å². The summed E-state index contributed by atoms with van der Waals surface area (Å²) >= 11 is 0. The van der Waals surface area contributed by atoms with Gasteiger partial charge in [-0.25, -0.2) is 0 Å². The van der Waals surface area contributed by atoms with Crippen molar-refractivity contribution < 1.29 is 9.59 Å². The number of carbonyl (C=O) groups excluding carboxylic acids is 2. The molecular formula is C14H27N3O2. The minimum atomic E-state index is -0.0370. The number of carbonyl (C=O) groups is 2. The van der Waals surface area contributed by atoms with E-state index in [0.717, 1.165) is 32.4 Å². The van der Waals surface area contributed by atoms with Crippen molar-refractivity contribution in [1.29, 1.82) is 0 Å². The van der Waals surface area contributed by atoms with Gasteiger partial charge in [0.2, 0.25) is 11.8 Å². The molecule has 1 aliphatic rings. The van der Waals surface area contributed by atoms with Gasteiger partial charge in [-0.05, 0) is 37.8 Å². The fourth-order valence-electron chi connectivity index (χ4n) is 2.19. The molecule has 0 radical (unpaired) electrons. The predicted molar refractivity (Wildman–Crippen MR) is 75.8 cm³/mol. The lowest BCUT2D eigenvalue weighted by atomic mass is 9.81. The van der Waals surface area contributed by atoms with Gasteiger partial charge in [0.25, 0.3) is 0 Å². The molecule has 3 N–H and O–H groups in total. The quantitative estimate of drug-likeness (QED) is 0.640. The molecule has 0 spiro atoms. The van der Waals surface area contributed by atoms with Crippen molar-refractivity contribution in [3.05, 3.63) is 0 Å². The summed E-state index contributed by atoms with van der Waals surface area (Å²) < 4.78 is 0. The summed E-state index contributed by atoms with van der Waals surface area (Å²) in [5.74, 6) is -0.0588. The van der Waals surface area contributed by atoms with Gasteiger partial charge >= 0.3 is 0 Å². The lowest BCUT2D eigenvalue weighted by Crippen LogP contribution is -2.43. The fraction of sp³-hybridized carbons (Fsp3) is 0.857. The van der Waals surface area contributed by atoms with Crippen LogP contribution in [-0.2, 0) is 9.59 Å². The molecule has 0 aromatic rings. The van der Waals surface area contributed by atoms with E-state index in [-0.39, 0.29) is 30.1 Å². The molecule has 19 heavy (non-hydrogen) atoms. The first kappa shape index (κ1) is 16.0. The third kappa shape index (κ3) is 6.57. The maximum Gasteiger partial charge on any atom is 0.220 e. The van der Waals surface area contributed by atoms with E-state index in [4.69, 9.17) is 0 Å². The molecule has 0 bridgehead atoms. The van der Waals surface area contributed by atoms with Crippen LogP contribution in [0, 0.1) is 5.41 Å². The molecule has 0 unspecified atom stereocenters. The predicted octanol–water partition coefficient (Wildman–Crippen LogP) is 0.799. The average molecular weight is 269 g/mol. The first-order valence-electron chi connectivity index (χ1n) is 7.30. The summed E-state index contributed by atoms with van der Waals surface area (Å²) in [6.07, 6.45) is 3.66.